The highest BCUT2D eigenvalue weighted by molar-refractivity contribution is 7.10. The van der Waals surface area contributed by atoms with Gasteiger partial charge in [0.15, 0.2) is 0 Å². The molecule has 3 aromatic rings. The third-order valence-electron chi connectivity index (χ3n) is 3.29. The van der Waals surface area contributed by atoms with E-state index < -0.39 is 0 Å². The summed E-state index contributed by atoms with van der Waals surface area (Å²) < 4.78 is 5.49. The topological polar surface area (TPSA) is 25.2 Å². The van der Waals surface area contributed by atoms with Crippen molar-refractivity contribution < 1.29 is 4.42 Å². The maximum atomic E-state index is 5.49. The third kappa shape index (κ3) is 3.20. The molecule has 0 radical (unpaired) electrons. The Morgan fingerprint density at radius 3 is 2.60 bits per heavy atom. The molecular weight excluding hydrogens is 286 g/mol. The maximum Gasteiger partial charge on any atom is 0.120 e. The second-order valence-corrected chi connectivity index (χ2v) is 6.77. The summed E-state index contributed by atoms with van der Waals surface area (Å²) in [6.07, 6.45) is 2.75. The highest BCUT2D eigenvalue weighted by Crippen LogP contribution is 2.27. The monoisotopic (exact) mass is 303 g/mol. The molecule has 0 saturated carbocycles. The number of rotatable bonds is 6. The maximum absolute atomic E-state index is 5.49. The zero-order valence-electron chi connectivity index (χ0n) is 11.3. The Labute approximate surface area is 127 Å². The smallest absolute Gasteiger partial charge is 0.120 e. The van der Waals surface area contributed by atoms with Crippen LogP contribution in [0, 0.1) is 0 Å². The lowest BCUT2D eigenvalue weighted by atomic mass is 10.1. The van der Waals surface area contributed by atoms with E-state index in [1.165, 1.54) is 9.75 Å². The van der Waals surface area contributed by atoms with Crippen LogP contribution >= 0.6 is 22.7 Å². The lowest BCUT2D eigenvalue weighted by Crippen LogP contribution is -2.25. The fourth-order valence-electron chi connectivity index (χ4n) is 2.28. The first kappa shape index (κ1) is 13.6. The van der Waals surface area contributed by atoms with Crippen LogP contribution in [0.25, 0.3) is 0 Å². The number of furan rings is 1. The molecule has 3 aromatic heterocycles. The molecule has 0 saturated heterocycles. The predicted octanol–water partition coefficient (Wildman–Crippen LogP) is 5.04. The van der Waals surface area contributed by atoms with E-state index in [2.05, 4.69) is 47.3 Å². The average molecular weight is 303 g/mol. The molecule has 104 valence electrons. The zero-order valence-corrected chi connectivity index (χ0v) is 12.9. The van der Waals surface area contributed by atoms with Crippen molar-refractivity contribution in [3.8, 4) is 0 Å². The molecule has 3 heterocycles. The van der Waals surface area contributed by atoms with Gasteiger partial charge in [-0.15, -0.1) is 22.7 Å². The summed E-state index contributed by atoms with van der Waals surface area (Å²) in [5, 5.41) is 7.95. The van der Waals surface area contributed by atoms with Gasteiger partial charge < -0.3 is 4.42 Å². The van der Waals surface area contributed by atoms with Crippen LogP contribution in [0.5, 0.6) is 0 Å². The molecule has 0 aromatic carbocycles. The summed E-state index contributed by atoms with van der Waals surface area (Å²) in [6.45, 7) is 2.15. The van der Waals surface area contributed by atoms with Crippen molar-refractivity contribution in [2.45, 2.75) is 25.4 Å². The van der Waals surface area contributed by atoms with E-state index in [4.69, 9.17) is 4.42 Å². The minimum Gasteiger partial charge on any atom is -0.468 e. The first-order valence-electron chi connectivity index (χ1n) is 6.68. The molecule has 0 fully saturated rings. The first-order valence-corrected chi connectivity index (χ1v) is 8.44. The van der Waals surface area contributed by atoms with Crippen molar-refractivity contribution in [3.05, 3.63) is 68.9 Å². The molecule has 2 atom stereocenters. The average Bonchev–Trinajstić information content (AvgIpc) is 3.20. The zero-order chi connectivity index (χ0) is 13.8. The summed E-state index contributed by atoms with van der Waals surface area (Å²) in [5.41, 5.74) is 0. The summed E-state index contributed by atoms with van der Waals surface area (Å²) in [5.74, 6) is 0.984. The van der Waals surface area contributed by atoms with Crippen LogP contribution in [0.3, 0.4) is 0 Å². The van der Waals surface area contributed by atoms with Crippen molar-refractivity contribution in [3.63, 3.8) is 0 Å². The normalized spacial score (nSPS) is 14.2. The van der Waals surface area contributed by atoms with Gasteiger partial charge in [0.05, 0.1) is 12.3 Å². The van der Waals surface area contributed by atoms with Crippen LogP contribution in [-0.4, -0.2) is 0 Å². The summed E-state index contributed by atoms with van der Waals surface area (Å²) in [7, 11) is 0. The number of hydrogen-bond acceptors (Lipinski definition) is 4. The molecule has 1 N–H and O–H groups in total. The Kier molecular flexibility index (Phi) is 4.35. The van der Waals surface area contributed by atoms with Crippen LogP contribution in [-0.2, 0) is 6.42 Å². The molecule has 1 unspecified atom stereocenters. The number of thiophene rings is 2. The van der Waals surface area contributed by atoms with Gasteiger partial charge in [-0.05, 0) is 41.9 Å². The first-order chi connectivity index (χ1) is 9.83. The van der Waals surface area contributed by atoms with Crippen molar-refractivity contribution in [1.82, 2.24) is 5.32 Å². The molecule has 3 rings (SSSR count). The Morgan fingerprint density at radius 2 is 1.95 bits per heavy atom. The molecule has 0 bridgehead atoms. The van der Waals surface area contributed by atoms with Crippen molar-refractivity contribution in [1.29, 1.82) is 0 Å². The highest BCUT2D eigenvalue weighted by Gasteiger charge is 2.18. The molecule has 0 amide bonds. The Bertz CT molecular complexity index is 599. The fourth-order valence-corrected chi connectivity index (χ4v) is 3.82. The van der Waals surface area contributed by atoms with E-state index in [-0.39, 0.29) is 6.04 Å². The number of nitrogens with one attached hydrogen (secondary N) is 1. The quantitative estimate of drug-likeness (QED) is 0.690. The molecule has 0 spiro atoms. The van der Waals surface area contributed by atoms with E-state index >= 15 is 0 Å². The fraction of sp³-hybridized carbons (Fsp3) is 0.250. The van der Waals surface area contributed by atoms with E-state index in [1.54, 1.807) is 17.6 Å². The van der Waals surface area contributed by atoms with Gasteiger partial charge in [0, 0.05) is 22.2 Å². The largest absolute Gasteiger partial charge is 0.468 e. The van der Waals surface area contributed by atoms with Gasteiger partial charge in [-0.3, -0.25) is 5.32 Å². The molecule has 20 heavy (non-hydrogen) atoms. The van der Waals surface area contributed by atoms with Crippen molar-refractivity contribution in [2.24, 2.45) is 0 Å². The van der Waals surface area contributed by atoms with E-state index in [1.807, 2.05) is 23.5 Å². The molecule has 0 aliphatic rings. The van der Waals surface area contributed by atoms with E-state index in [9.17, 15) is 0 Å². The van der Waals surface area contributed by atoms with Gasteiger partial charge in [0.1, 0.15) is 5.76 Å². The standard InChI is InChI=1S/C16H17NOS2/c1-12(15-6-2-8-18-15)17-14(16-7-4-10-20-16)11-13-5-3-9-19-13/h2-10,12,14,17H,11H2,1H3/t12-,14?/m0/s1. The van der Waals surface area contributed by atoms with Gasteiger partial charge in [0.25, 0.3) is 0 Å². The van der Waals surface area contributed by atoms with Gasteiger partial charge in [-0.2, -0.15) is 0 Å². The summed E-state index contributed by atoms with van der Waals surface area (Å²) in [6, 6.07) is 13.1. The van der Waals surface area contributed by atoms with Crippen molar-refractivity contribution >= 4 is 22.7 Å². The summed E-state index contributed by atoms with van der Waals surface area (Å²) >= 11 is 3.62. The van der Waals surface area contributed by atoms with Gasteiger partial charge in [0.2, 0.25) is 0 Å². The Morgan fingerprint density at radius 1 is 1.10 bits per heavy atom. The molecular formula is C16H17NOS2. The highest BCUT2D eigenvalue weighted by atomic mass is 32.1. The third-order valence-corrected chi connectivity index (χ3v) is 5.18. The minimum absolute atomic E-state index is 0.206. The van der Waals surface area contributed by atoms with E-state index in [0.29, 0.717) is 6.04 Å². The molecule has 2 nitrogen and oxygen atoms in total. The van der Waals surface area contributed by atoms with Crippen LogP contribution in [0.2, 0.25) is 0 Å². The lowest BCUT2D eigenvalue weighted by molar-refractivity contribution is 0.393. The Balaban J connectivity index is 1.75. The van der Waals surface area contributed by atoms with Crippen LogP contribution < -0.4 is 5.32 Å². The SMILES string of the molecule is C[C@H](NC(Cc1cccs1)c1cccs1)c1ccco1. The minimum atomic E-state index is 0.206. The second kappa shape index (κ2) is 6.39. The van der Waals surface area contributed by atoms with Crippen LogP contribution in [0.1, 0.15) is 34.5 Å². The van der Waals surface area contributed by atoms with Crippen LogP contribution in [0.4, 0.5) is 0 Å². The predicted molar refractivity (Wildman–Crippen MR) is 85.3 cm³/mol. The second-order valence-electron chi connectivity index (χ2n) is 4.76. The van der Waals surface area contributed by atoms with Gasteiger partial charge in [-0.25, -0.2) is 0 Å². The lowest BCUT2D eigenvalue weighted by Gasteiger charge is -2.21. The van der Waals surface area contributed by atoms with Gasteiger partial charge in [-0.1, -0.05) is 12.1 Å². The Hall–Kier alpha value is -1.36. The molecule has 0 aliphatic heterocycles. The summed E-state index contributed by atoms with van der Waals surface area (Å²) in [4.78, 5) is 2.78. The molecule has 4 heteroatoms. The van der Waals surface area contributed by atoms with Crippen molar-refractivity contribution in [2.75, 3.05) is 0 Å². The van der Waals surface area contributed by atoms with Gasteiger partial charge >= 0.3 is 0 Å². The number of hydrogen-bond donors (Lipinski definition) is 1. The van der Waals surface area contributed by atoms with Crippen LogP contribution in [0.15, 0.2) is 57.8 Å². The van der Waals surface area contributed by atoms with E-state index in [0.717, 1.165) is 12.2 Å². The molecule has 0 aliphatic carbocycles.